The minimum atomic E-state index is -2.45. The average molecular weight is 154 g/mol. The standard InChI is InChI=1S/C3H6O5S/c1-2-3-6-7-8-9(4)5/h2H,1,3H2,(H,4,5). The topological polar surface area (TPSA) is 65.0 Å². The van der Waals surface area contributed by atoms with Crippen LogP contribution in [0.15, 0.2) is 12.7 Å². The van der Waals surface area contributed by atoms with E-state index in [4.69, 9.17) is 4.55 Å². The van der Waals surface area contributed by atoms with Crippen molar-refractivity contribution in [2.24, 2.45) is 0 Å². The van der Waals surface area contributed by atoms with Crippen LogP contribution in [0.25, 0.3) is 0 Å². The van der Waals surface area contributed by atoms with Crippen molar-refractivity contribution in [3.8, 4) is 0 Å². The molecule has 0 amide bonds. The molecule has 0 radical (unpaired) electrons. The van der Waals surface area contributed by atoms with E-state index in [0.29, 0.717) is 0 Å². The monoisotopic (exact) mass is 154 g/mol. The summed E-state index contributed by atoms with van der Waals surface area (Å²) in [5, 5.41) is 3.71. The molecule has 9 heavy (non-hydrogen) atoms. The summed E-state index contributed by atoms with van der Waals surface area (Å²) in [5.41, 5.74) is 0. The Labute approximate surface area is 54.6 Å². The molecule has 0 aromatic heterocycles. The van der Waals surface area contributed by atoms with Gasteiger partial charge in [0.15, 0.2) is 0 Å². The third kappa shape index (κ3) is 7.73. The Bertz CT molecular complexity index is 102. The quantitative estimate of drug-likeness (QED) is 0.201. The lowest BCUT2D eigenvalue weighted by Crippen LogP contribution is -1.98. The zero-order valence-electron chi connectivity index (χ0n) is 4.48. The Morgan fingerprint density at radius 3 is 2.89 bits per heavy atom. The fraction of sp³-hybridized carbons (Fsp3) is 0.333. The van der Waals surface area contributed by atoms with Crippen LogP contribution >= 0.6 is 0 Å². The lowest BCUT2D eigenvalue weighted by Gasteiger charge is -1.93. The highest BCUT2D eigenvalue weighted by atomic mass is 32.2. The van der Waals surface area contributed by atoms with Gasteiger partial charge < -0.3 is 0 Å². The molecule has 1 unspecified atom stereocenters. The largest absolute Gasteiger partial charge is 0.333 e. The van der Waals surface area contributed by atoms with Crippen molar-refractivity contribution >= 4 is 11.4 Å². The Hall–Kier alpha value is -0.270. The van der Waals surface area contributed by atoms with Gasteiger partial charge in [0, 0.05) is 0 Å². The molecule has 0 aliphatic heterocycles. The van der Waals surface area contributed by atoms with Gasteiger partial charge in [-0.25, -0.2) is 4.89 Å². The molecule has 0 aromatic carbocycles. The van der Waals surface area contributed by atoms with E-state index in [0.717, 1.165) is 0 Å². The molecular formula is C3H6O5S. The second-order valence-electron chi connectivity index (χ2n) is 0.926. The SMILES string of the molecule is C=CCOOOS(=O)O. The highest BCUT2D eigenvalue weighted by Gasteiger charge is 1.91. The first-order valence-electron chi connectivity index (χ1n) is 1.95. The predicted octanol–water partition coefficient (Wildman–Crippen LogP) is 0.189. The number of hydrogen-bond donors (Lipinski definition) is 1. The van der Waals surface area contributed by atoms with E-state index >= 15 is 0 Å². The maximum atomic E-state index is 9.62. The summed E-state index contributed by atoms with van der Waals surface area (Å²) < 4.78 is 21.1. The van der Waals surface area contributed by atoms with Gasteiger partial charge in [-0.2, -0.15) is 4.21 Å². The number of hydrogen-bond acceptors (Lipinski definition) is 4. The van der Waals surface area contributed by atoms with Gasteiger partial charge in [-0.15, -0.1) is 6.58 Å². The lowest BCUT2D eigenvalue weighted by molar-refractivity contribution is -0.460. The van der Waals surface area contributed by atoms with Gasteiger partial charge in [0.1, 0.15) is 6.61 Å². The van der Waals surface area contributed by atoms with Gasteiger partial charge in [-0.3, -0.25) is 4.55 Å². The van der Waals surface area contributed by atoms with E-state index in [1.807, 2.05) is 0 Å². The highest BCUT2D eigenvalue weighted by Crippen LogP contribution is 1.83. The van der Waals surface area contributed by atoms with E-state index in [-0.39, 0.29) is 6.61 Å². The maximum Gasteiger partial charge on any atom is 0.333 e. The van der Waals surface area contributed by atoms with Crippen LogP contribution < -0.4 is 0 Å². The van der Waals surface area contributed by atoms with Crippen LogP contribution in [-0.2, 0) is 25.6 Å². The third-order valence-corrected chi connectivity index (χ3v) is 0.492. The third-order valence-electron chi connectivity index (χ3n) is 0.320. The minimum Gasteiger partial charge on any atom is -0.282 e. The average Bonchev–Trinajstić information content (AvgIpc) is 1.80. The van der Waals surface area contributed by atoms with Gasteiger partial charge in [0.25, 0.3) is 0 Å². The Morgan fingerprint density at radius 2 is 2.44 bits per heavy atom. The molecule has 0 rings (SSSR count). The van der Waals surface area contributed by atoms with Gasteiger partial charge in [0.2, 0.25) is 0 Å². The summed E-state index contributed by atoms with van der Waals surface area (Å²) >= 11 is -2.45. The van der Waals surface area contributed by atoms with Crippen LogP contribution in [0.3, 0.4) is 0 Å². The molecule has 0 aromatic rings. The second kappa shape index (κ2) is 5.86. The van der Waals surface area contributed by atoms with Crippen molar-refractivity contribution in [2.45, 2.75) is 0 Å². The van der Waals surface area contributed by atoms with Crippen molar-refractivity contribution in [1.29, 1.82) is 0 Å². The normalized spacial score (nSPS) is 13.0. The van der Waals surface area contributed by atoms with Crippen molar-refractivity contribution in [3.63, 3.8) is 0 Å². The highest BCUT2D eigenvalue weighted by molar-refractivity contribution is 7.74. The Kier molecular flexibility index (Phi) is 5.68. The summed E-state index contributed by atoms with van der Waals surface area (Å²) in [6.07, 6.45) is 1.39. The van der Waals surface area contributed by atoms with Gasteiger partial charge in [-0.05, 0) is 0 Å². The van der Waals surface area contributed by atoms with E-state index in [2.05, 4.69) is 20.8 Å². The molecule has 0 saturated carbocycles. The van der Waals surface area contributed by atoms with E-state index in [9.17, 15) is 4.21 Å². The molecule has 0 fully saturated rings. The fourth-order valence-corrected chi connectivity index (χ4v) is 0.206. The molecule has 0 spiro atoms. The van der Waals surface area contributed by atoms with Crippen LogP contribution in [-0.4, -0.2) is 15.4 Å². The zero-order chi connectivity index (χ0) is 7.11. The van der Waals surface area contributed by atoms with Crippen LogP contribution in [0.5, 0.6) is 0 Å². The first-order valence-corrected chi connectivity index (χ1v) is 2.99. The van der Waals surface area contributed by atoms with Crippen LogP contribution in [0.4, 0.5) is 0 Å². The van der Waals surface area contributed by atoms with Crippen molar-refractivity contribution in [3.05, 3.63) is 12.7 Å². The van der Waals surface area contributed by atoms with Crippen LogP contribution in [0, 0.1) is 0 Å². The van der Waals surface area contributed by atoms with Crippen molar-refractivity contribution in [2.75, 3.05) is 6.61 Å². The Balaban J connectivity index is 2.91. The van der Waals surface area contributed by atoms with Crippen LogP contribution in [0.2, 0.25) is 0 Å². The molecule has 54 valence electrons. The molecule has 0 bridgehead atoms. The smallest absolute Gasteiger partial charge is 0.282 e. The first-order chi connectivity index (χ1) is 4.27. The summed E-state index contributed by atoms with van der Waals surface area (Å²) in [6.45, 7) is 3.37. The van der Waals surface area contributed by atoms with Crippen molar-refractivity contribution < 1.29 is 23.0 Å². The lowest BCUT2D eigenvalue weighted by atomic mass is 10.7. The molecule has 5 nitrogen and oxygen atoms in total. The summed E-state index contributed by atoms with van der Waals surface area (Å²) in [7, 11) is 0. The maximum absolute atomic E-state index is 9.62. The molecule has 0 aliphatic rings. The Morgan fingerprint density at radius 1 is 1.78 bits per heavy atom. The van der Waals surface area contributed by atoms with Gasteiger partial charge >= 0.3 is 11.4 Å². The second-order valence-corrected chi connectivity index (χ2v) is 1.50. The predicted molar refractivity (Wildman–Crippen MR) is 29.1 cm³/mol. The fourth-order valence-electron chi connectivity index (χ4n) is 0.119. The summed E-state index contributed by atoms with van der Waals surface area (Å²) in [6, 6.07) is 0. The van der Waals surface area contributed by atoms with Gasteiger partial charge in [-0.1, -0.05) is 15.4 Å². The van der Waals surface area contributed by atoms with E-state index in [1.165, 1.54) is 6.08 Å². The summed E-state index contributed by atoms with van der Waals surface area (Å²) in [4.78, 5) is 4.10. The van der Waals surface area contributed by atoms with E-state index < -0.39 is 11.4 Å². The van der Waals surface area contributed by atoms with Crippen molar-refractivity contribution in [1.82, 2.24) is 0 Å². The molecule has 0 aliphatic carbocycles. The molecule has 0 saturated heterocycles. The molecule has 1 atom stereocenters. The van der Waals surface area contributed by atoms with Gasteiger partial charge in [0.05, 0.1) is 0 Å². The molecular weight excluding hydrogens is 148 g/mol. The zero-order valence-corrected chi connectivity index (χ0v) is 5.30. The number of rotatable bonds is 5. The molecule has 0 heterocycles. The van der Waals surface area contributed by atoms with Crippen LogP contribution in [0.1, 0.15) is 0 Å². The van der Waals surface area contributed by atoms with E-state index in [1.54, 1.807) is 0 Å². The minimum absolute atomic E-state index is 0.0944. The first kappa shape index (κ1) is 8.73. The summed E-state index contributed by atoms with van der Waals surface area (Å²) in [5.74, 6) is 0. The molecule has 6 heteroatoms. The molecule has 1 N–H and O–H groups in total.